The highest BCUT2D eigenvalue weighted by Crippen LogP contribution is 2.25. The molecule has 0 radical (unpaired) electrons. The summed E-state index contributed by atoms with van der Waals surface area (Å²) in [5.74, 6) is 0.312. The van der Waals surface area contributed by atoms with Crippen molar-refractivity contribution in [2.45, 2.75) is 19.0 Å². The number of benzene rings is 1. The Morgan fingerprint density at radius 1 is 1.33 bits per heavy atom. The lowest BCUT2D eigenvalue weighted by Crippen LogP contribution is -2.31. The molecule has 0 saturated carbocycles. The molecular weight excluding hydrogens is 349 g/mol. The van der Waals surface area contributed by atoms with Crippen LogP contribution < -0.4 is 5.32 Å². The minimum atomic E-state index is -0.444. The third-order valence-electron chi connectivity index (χ3n) is 3.68. The van der Waals surface area contributed by atoms with Gasteiger partial charge in [-0.05, 0) is 42.7 Å². The highest BCUT2D eigenvalue weighted by molar-refractivity contribution is 7.98. The molecule has 1 fully saturated rings. The lowest BCUT2D eigenvalue weighted by Gasteiger charge is -2.11. The summed E-state index contributed by atoms with van der Waals surface area (Å²) >= 11 is 3.04. The number of thiazole rings is 1. The molecule has 126 valence electrons. The molecule has 0 aliphatic carbocycles. The normalized spacial score (nSPS) is 17.4. The largest absolute Gasteiger partial charge is 0.326 e. The Morgan fingerprint density at radius 3 is 2.79 bits per heavy atom. The highest BCUT2D eigenvalue weighted by Gasteiger charge is 2.37. The van der Waals surface area contributed by atoms with Gasteiger partial charge in [-0.25, -0.2) is 14.2 Å². The molecule has 1 aliphatic heterocycles. The van der Waals surface area contributed by atoms with Gasteiger partial charge < -0.3 is 5.32 Å². The zero-order valence-electron chi connectivity index (χ0n) is 13.0. The first-order valence-corrected chi connectivity index (χ1v) is 9.67. The maximum absolute atomic E-state index is 13.0. The second kappa shape index (κ2) is 7.31. The van der Waals surface area contributed by atoms with Gasteiger partial charge in [-0.1, -0.05) is 0 Å². The minimum absolute atomic E-state index is 0.151. The van der Waals surface area contributed by atoms with Crippen molar-refractivity contribution in [3.8, 4) is 10.6 Å². The van der Waals surface area contributed by atoms with Crippen LogP contribution in [0.3, 0.4) is 0 Å². The Balaban J connectivity index is 1.69. The molecule has 2 heterocycles. The van der Waals surface area contributed by atoms with Crippen molar-refractivity contribution in [3.63, 3.8) is 0 Å². The van der Waals surface area contributed by atoms with Crippen LogP contribution in [0.4, 0.5) is 9.18 Å². The van der Waals surface area contributed by atoms with E-state index in [1.807, 2.05) is 11.6 Å². The standard InChI is InChI=1S/C16H16FN3O2S2/c1-23-7-6-13-15(21)20(16(22)19-13)8-12-9-24-14(18-12)10-2-4-11(17)5-3-10/h2-5,9,13H,6-8H2,1H3,(H,19,22). The molecule has 3 amide bonds. The van der Waals surface area contributed by atoms with E-state index in [-0.39, 0.29) is 24.3 Å². The number of imide groups is 1. The monoisotopic (exact) mass is 365 g/mol. The molecule has 24 heavy (non-hydrogen) atoms. The smallest absolute Gasteiger partial charge is 0.325 e. The summed E-state index contributed by atoms with van der Waals surface area (Å²) in [6.07, 6.45) is 2.59. The SMILES string of the molecule is CSCCC1NC(=O)N(Cc2csc(-c3ccc(F)cc3)n2)C1=O. The van der Waals surface area contributed by atoms with Crippen molar-refractivity contribution < 1.29 is 14.0 Å². The number of carbonyl (C=O) groups excluding carboxylic acids is 2. The summed E-state index contributed by atoms with van der Waals surface area (Å²) in [5.41, 5.74) is 1.45. The number of halogens is 1. The molecule has 1 unspecified atom stereocenters. The first kappa shape index (κ1) is 16.9. The van der Waals surface area contributed by atoms with E-state index < -0.39 is 6.04 Å². The number of hydrogen-bond acceptors (Lipinski definition) is 5. The molecule has 1 aromatic carbocycles. The number of rotatable bonds is 6. The van der Waals surface area contributed by atoms with Crippen LogP contribution in [0.25, 0.3) is 10.6 Å². The topological polar surface area (TPSA) is 62.3 Å². The summed E-state index contributed by atoms with van der Waals surface area (Å²) in [6, 6.07) is 5.25. The number of aromatic nitrogens is 1. The molecule has 3 rings (SSSR count). The molecule has 2 aromatic rings. The van der Waals surface area contributed by atoms with E-state index in [2.05, 4.69) is 10.3 Å². The van der Waals surface area contributed by atoms with E-state index in [0.717, 1.165) is 16.3 Å². The van der Waals surface area contributed by atoms with E-state index in [1.165, 1.54) is 28.4 Å². The van der Waals surface area contributed by atoms with Crippen molar-refractivity contribution in [2.24, 2.45) is 0 Å². The van der Waals surface area contributed by atoms with Crippen LogP contribution >= 0.6 is 23.1 Å². The molecule has 1 aromatic heterocycles. The van der Waals surface area contributed by atoms with Crippen LogP contribution in [-0.4, -0.2) is 39.9 Å². The maximum atomic E-state index is 13.0. The van der Waals surface area contributed by atoms with Crippen molar-refractivity contribution in [3.05, 3.63) is 41.2 Å². The van der Waals surface area contributed by atoms with E-state index in [0.29, 0.717) is 12.1 Å². The first-order valence-electron chi connectivity index (χ1n) is 7.39. The molecule has 0 bridgehead atoms. The number of nitrogens with one attached hydrogen (secondary N) is 1. The number of amides is 3. The molecule has 0 spiro atoms. The average Bonchev–Trinajstić information content (AvgIpc) is 3.14. The Hall–Kier alpha value is -1.93. The van der Waals surface area contributed by atoms with Crippen LogP contribution in [0, 0.1) is 5.82 Å². The number of nitrogens with zero attached hydrogens (tertiary/aromatic N) is 2. The summed E-state index contributed by atoms with van der Waals surface area (Å²) in [4.78, 5) is 30.0. The van der Waals surface area contributed by atoms with Gasteiger partial charge >= 0.3 is 6.03 Å². The Morgan fingerprint density at radius 2 is 2.08 bits per heavy atom. The van der Waals surface area contributed by atoms with E-state index in [4.69, 9.17) is 0 Å². The van der Waals surface area contributed by atoms with Gasteiger partial charge in [-0.2, -0.15) is 11.8 Å². The predicted molar refractivity (Wildman–Crippen MR) is 93.4 cm³/mol. The van der Waals surface area contributed by atoms with Gasteiger partial charge in [0.15, 0.2) is 0 Å². The third kappa shape index (κ3) is 3.59. The van der Waals surface area contributed by atoms with Crippen molar-refractivity contribution in [1.82, 2.24) is 15.2 Å². The first-order chi connectivity index (χ1) is 11.6. The highest BCUT2D eigenvalue weighted by atomic mass is 32.2. The second-order valence-corrected chi connectivity index (χ2v) is 7.20. The zero-order chi connectivity index (χ0) is 17.1. The molecule has 1 N–H and O–H groups in total. The summed E-state index contributed by atoms with van der Waals surface area (Å²) in [6.45, 7) is 0.151. The van der Waals surface area contributed by atoms with Gasteiger partial charge in [-0.3, -0.25) is 9.69 Å². The molecule has 1 aliphatic rings. The lowest BCUT2D eigenvalue weighted by atomic mass is 10.2. The zero-order valence-corrected chi connectivity index (χ0v) is 14.6. The fraction of sp³-hybridized carbons (Fsp3) is 0.312. The van der Waals surface area contributed by atoms with Gasteiger partial charge in [0.05, 0.1) is 12.2 Å². The van der Waals surface area contributed by atoms with Gasteiger partial charge in [-0.15, -0.1) is 11.3 Å². The van der Waals surface area contributed by atoms with Gasteiger partial charge in [0.25, 0.3) is 5.91 Å². The summed E-state index contributed by atoms with van der Waals surface area (Å²) < 4.78 is 13.0. The van der Waals surface area contributed by atoms with Crippen LogP contribution in [0.5, 0.6) is 0 Å². The fourth-order valence-electron chi connectivity index (χ4n) is 2.42. The third-order valence-corrected chi connectivity index (χ3v) is 5.26. The van der Waals surface area contributed by atoms with E-state index in [1.54, 1.807) is 23.9 Å². The Kier molecular flexibility index (Phi) is 5.15. The van der Waals surface area contributed by atoms with Crippen LogP contribution in [0.1, 0.15) is 12.1 Å². The van der Waals surface area contributed by atoms with Crippen LogP contribution in [0.15, 0.2) is 29.6 Å². The van der Waals surface area contributed by atoms with Crippen LogP contribution in [0.2, 0.25) is 0 Å². The second-order valence-electron chi connectivity index (χ2n) is 5.36. The van der Waals surface area contributed by atoms with Crippen molar-refractivity contribution in [2.75, 3.05) is 12.0 Å². The number of carbonyl (C=O) groups is 2. The minimum Gasteiger partial charge on any atom is -0.326 e. The van der Waals surface area contributed by atoms with Crippen molar-refractivity contribution in [1.29, 1.82) is 0 Å². The quantitative estimate of drug-likeness (QED) is 0.799. The maximum Gasteiger partial charge on any atom is 0.325 e. The van der Waals surface area contributed by atoms with Gasteiger partial charge in [0, 0.05) is 10.9 Å². The number of hydrogen-bond donors (Lipinski definition) is 1. The van der Waals surface area contributed by atoms with Crippen molar-refractivity contribution >= 4 is 35.0 Å². The Labute approximate surface area is 147 Å². The summed E-state index contributed by atoms with van der Waals surface area (Å²) in [7, 11) is 0. The van der Waals surface area contributed by atoms with E-state index >= 15 is 0 Å². The molecular formula is C16H16FN3O2S2. The van der Waals surface area contributed by atoms with Gasteiger partial charge in [0.1, 0.15) is 16.9 Å². The summed E-state index contributed by atoms with van der Waals surface area (Å²) in [5, 5.41) is 5.26. The molecule has 1 atom stereocenters. The van der Waals surface area contributed by atoms with Crippen LogP contribution in [-0.2, 0) is 11.3 Å². The van der Waals surface area contributed by atoms with E-state index in [9.17, 15) is 14.0 Å². The average molecular weight is 365 g/mol. The number of urea groups is 1. The number of thioether (sulfide) groups is 1. The predicted octanol–water partition coefficient (Wildman–Crippen LogP) is 3.12. The lowest BCUT2D eigenvalue weighted by molar-refractivity contribution is -0.127. The molecule has 1 saturated heterocycles. The Bertz CT molecular complexity index is 748. The van der Waals surface area contributed by atoms with Gasteiger partial charge in [0.2, 0.25) is 0 Å². The molecule has 5 nitrogen and oxygen atoms in total. The molecule has 8 heteroatoms. The fourth-order valence-corrected chi connectivity index (χ4v) is 3.71.